The summed E-state index contributed by atoms with van der Waals surface area (Å²) in [6.45, 7) is 13.8. The molecular weight excluding hydrogens is 717 g/mol. The van der Waals surface area contributed by atoms with Gasteiger partial charge in [-0.3, -0.25) is 0 Å². The fourth-order valence-corrected chi connectivity index (χ4v) is 13.8. The molecule has 9 aromatic carbocycles. The predicted molar refractivity (Wildman–Crippen MR) is 250 cm³/mol. The summed E-state index contributed by atoms with van der Waals surface area (Å²) in [5.41, 5.74) is 17.5. The lowest BCUT2D eigenvalue weighted by Crippen LogP contribution is -2.49. The van der Waals surface area contributed by atoms with Gasteiger partial charge >= 0.3 is 0 Å². The molecule has 0 bridgehead atoms. The van der Waals surface area contributed by atoms with Crippen molar-refractivity contribution in [1.82, 2.24) is 0 Å². The molecule has 1 atom stereocenters. The molecule has 0 fully saturated rings. The zero-order valence-corrected chi connectivity index (χ0v) is 35.0. The Labute approximate surface area is 342 Å². The molecule has 2 heteroatoms. The largest absolute Gasteiger partial charge is 0.389 e. The van der Waals surface area contributed by atoms with Crippen LogP contribution >= 0.6 is 0 Å². The van der Waals surface area contributed by atoms with Crippen LogP contribution in [0.5, 0.6) is 0 Å². The number of hydrogen-bond donors (Lipinski definition) is 1. The Bertz CT molecular complexity index is 3200. The lowest BCUT2D eigenvalue weighted by molar-refractivity contribution is 0.200. The van der Waals surface area contributed by atoms with Crippen LogP contribution in [0.1, 0.15) is 49.1 Å². The maximum atomic E-state index is 10.9. The molecular formula is C56H46OSi. The van der Waals surface area contributed by atoms with Gasteiger partial charge in [0.25, 0.3) is 0 Å². The summed E-state index contributed by atoms with van der Waals surface area (Å²) < 4.78 is 0. The van der Waals surface area contributed by atoms with E-state index in [1.165, 1.54) is 115 Å². The standard InChI is InChI=1S/C56H46OSi/c1-33-22-25-40-37(28-33)16-12-20-42(40)54-44-18-11-10-17-43(44)53(38-24-27-45-50(29-38)56(3,4)49-21-13-19-39(34(2)57)55(45)49)47-31-46-41-26-23-36(35-14-8-7-9-15-35)30-51(41)58(5,6)52(46)32-48(47)54/h7-32,34,57H,1-6H3. The summed E-state index contributed by atoms with van der Waals surface area (Å²) in [6, 6.07) is 59.6. The summed E-state index contributed by atoms with van der Waals surface area (Å²) >= 11 is 0. The molecule has 1 aliphatic carbocycles. The van der Waals surface area contributed by atoms with Crippen molar-refractivity contribution in [3.05, 3.63) is 180 Å². The number of aliphatic hydroxyl groups excluding tert-OH is 1. The number of benzene rings is 9. The van der Waals surface area contributed by atoms with E-state index in [1.807, 2.05) is 6.92 Å². The van der Waals surface area contributed by atoms with E-state index in [9.17, 15) is 5.11 Å². The number of rotatable bonds is 4. The summed E-state index contributed by atoms with van der Waals surface area (Å²) in [5.74, 6) is 0. The lowest BCUT2D eigenvalue weighted by Gasteiger charge is -2.24. The number of fused-ring (bicyclic) bond motifs is 9. The first kappa shape index (κ1) is 35.1. The van der Waals surface area contributed by atoms with E-state index in [1.54, 1.807) is 0 Å². The molecule has 280 valence electrons. The van der Waals surface area contributed by atoms with E-state index in [-0.39, 0.29) is 5.41 Å². The van der Waals surface area contributed by atoms with E-state index >= 15 is 0 Å². The smallest absolute Gasteiger partial charge is 0.113 e. The van der Waals surface area contributed by atoms with Crippen molar-refractivity contribution < 1.29 is 5.11 Å². The van der Waals surface area contributed by atoms with Crippen LogP contribution in [0.4, 0.5) is 0 Å². The van der Waals surface area contributed by atoms with E-state index < -0.39 is 14.2 Å². The summed E-state index contributed by atoms with van der Waals surface area (Å²) in [6.07, 6.45) is -0.545. The quantitative estimate of drug-likeness (QED) is 0.140. The van der Waals surface area contributed by atoms with Crippen LogP contribution in [0.3, 0.4) is 0 Å². The first-order chi connectivity index (χ1) is 28.0. The van der Waals surface area contributed by atoms with Gasteiger partial charge in [0, 0.05) is 5.41 Å². The highest BCUT2D eigenvalue weighted by Crippen LogP contribution is 2.53. The van der Waals surface area contributed by atoms with Crippen molar-refractivity contribution in [3.63, 3.8) is 0 Å². The van der Waals surface area contributed by atoms with Crippen LogP contribution in [0.2, 0.25) is 13.1 Å². The van der Waals surface area contributed by atoms with Crippen LogP contribution < -0.4 is 10.4 Å². The molecule has 9 aromatic rings. The molecule has 0 spiro atoms. The normalized spacial score (nSPS) is 15.0. The first-order valence-electron chi connectivity index (χ1n) is 20.7. The van der Waals surface area contributed by atoms with Crippen molar-refractivity contribution in [2.24, 2.45) is 0 Å². The highest BCUT2D eigenvalue weighted by molar-refractivity contribution is 7.04. The second kappa shape index (κ2) is 12.5. The van der Waals surface area contributed by atoms with Gasteiger partial charge in [0.05, 0.1) is 6.10 Å². The maximum Gasteiger partial charge on any atom is 0.113 e. The van der Waals surface area contributed by atoms with Crippen LogP contribution in [0.25, 0.3) is 88.0 Å². The minimum atomic E-state index is -2.12. The molecule has 1 aliphatic heterocycles. The van der Waals surface area contributed by atoms with Gasteiger partial charge in [0.15, 0.2) is 0 Å². The maximum absolute atomic E-state index is 10.9. The fourth-order valence-electron chi connectivity index (χ4n) is 10.8. The Hall–Kier alpha value is -6.06. The SMILES string of the molecule is Cc1ccc2c(-c3c4ccccc4c(-c4ccc5c(c4)C(C)(C)c4cccc(C(C)O)c4-5)c4cc5c(cc34)[Si](C)(C)c3cc(-c4ccccc4)ccc3-5)cccc2c1. The molecule has 1 heterocycles. The Morgan fingerprint density at radius 3 is 1.95 bits per heavy atom. The van der Waals surface area contributed by atoms with Crippen molar-refractivity contribution in [1.29, 1.82) is 0 Å². The molecule has 58 heavy (non-hydrogen) atoms. The van der Waals surface area contributed by atoms with Crippen molar-refractivity contribution in [3.8, 4) is 55.6 Å². The van der Waals surface area contributed by atoms with E-state index in [0.717, 1.165) is 5.56 Å². The third-order valence-electron chi connectivity index (χ3n) is 13.7. The third-order valence-corrected chi connectivity index (χ3v) is 17.2. The number of aliphatic hydroxyl groups is 1. The highest BCUT2D eigenvalue weighted by atomic mass is 28.3. The third kappa shape index (κ3) is 4.92. The van der Waals surface area contributed by atoms with Crippen LogP contribution in [0.15, 0.2) is 158 Å². The molecule has 0 radical (unpaired) electrons. The zero-order chi connectivity index (χ0) is 39.7. The monoisotopic (exact) mass is 762 g/mol. The van der Waals surface area contributed by atoms with Crippen LogP contribution in [-0.2, 0) is 5.41 Å². The first-order valence-corrected chi connectivity index (χ1v) is 23.7. The Morgan fingerprint density at radius 2 is 1.16 bits per heavy atom. The van der Waals surface area contributed by atoms with Gasteiger partial charge in [-0.2, -0.15) is 0 Å². The predicted octanol–water partition coefficient (Wildman–Crippen LogP) is 13.6. The van der Waals surface area contributed by atoms with Crippen LogP contribution in [-0.4, -0.2) is 13.2 Å². The van der Waals surface area contributed by atoms with Gasteiger partial charge in [0.2, 0.25) is 0 Å². The average Bonchev–Trinajstić information content (AvgIpc) is 3.60. The Kier molecular flexibility index (Phi) is 7.55. The summed E-state index contributed by atoms with van der Waals surface area (Å²) in [7, 11) is -2.12. The molecule has 1 unspecified atom stereocenters. The van der Waals surface area contributed by atoms with E-state index in [0.29, 0.717) is 0 Å². The van der Waals surface area contributed by atoms with Gasteiger partial charge in [-0.15, -0.1) is 0 Å². The average molecular weight is 763 g/mol. The molecule has 0 saturated carbocycles. The molecule has 0 saturated heterocycles. The van der Waals surface area contributed by atoms with Crippen molar-refractivity contribution in [2.45, 2.75) is 52.3 Å². The van der Waals surface area contributed by atoms with Gasteiger partial charge in [-0.05, 0) is 141 Å². The Balaban J connectivity index is 1.25. The molecule has 1 nitrogen and oxygen atoms in total. The molecule has 2 aliphatic rings. The fraction of sp³-hybridized carbons (Fsp3) is 0.143. The van der Waals surface area contributed by atoms with Gasteiger partial charge in [-0.1, -0.05) is 178 Å². The van der Waals surface area contributed by atoms with E-state index in [4.69, 9.17) is 0 Å². The van der Waals surface area contributed by atoms with Gasteiger partial charge in [0.1, 0.15) is 8.07 Å². The van der Waals surface area contributed by atoms with Crippen molar-refractivity contribution >= 4 is 50.8 Å². The zero-order valence-electron chi connectivity index (χ0n) is 34.0. The van der Waals surface area contributed by atoms with Crippen molar-refractivity contribution in [2.75, 3.05) is 0 Å². The number of aryl methyl sites for hydroxylation is 1. The summed E-state index contributed by atoms with van der Waals surface area (Å²) in [4.78, 5) is 0. The second-order valence-electron chi connectivity index (χ2n) is 17.9. The number of hydrogen-bond acceptors (Lipinski definition) is 1. The lowest BCUT2D eigenvalue weighted by atomic mass is 9.80. The molecule has 0 amide bonds. The highest BCUT2D eigenvalue weighted by Gasteiger charge is 2.40. The summed E-state index contributed by atoms with van der Waals surface area (Å²) in [5, 5.41) is 21.6. The van der Waals surface area contributed by atoms with Crippen LogP contribution in [0, 0.1) is 6.92 Å². The Morgan fingerprint density at radius 1 is 0.466 bits per heavy atom. The minimum Gasteiger partial charge on any atom is -0.389 e. The molecule has 11 rings (SSSR count). The molecule has 1 N–H and O–H groups in total. The van der Waals surface area contributed by atoms with Gasteiger partial charge in [-0.25, -0.2) is 0 Å². The second-order valence-corrected chi connectivity index (χ2v) is 22.2. The molecule has 0 aromatic heterocycles. The topological polar surface area (TPSA) is 20.2 Å². The minimum absolute atomic E-state index is 0.218. The van der Waals surface area contributed by atoms with Gasteiger partial charge < -0.3 is 5.11 Å². The van der Waals surface area contributed by atoms with E-state index in [2.05, 4.69) is 192 Å².